The van der Waals surface area contributed by atoms with Crippen LogP contribution in [-0.2, 0) is 30.3 Å². The Morgan fingerprint density at radius 1 is 0.851 bits per heavy atom. The van der Waals surface area contributed by atoms with Crippen LogP contribution in [0.25, 0.3) is 22.5 Å². The second-order valence-electron chi connectivity index (χ2n) is 15.6. The maximum absolute atomic E-state index is 14.7. The van der Waals surface area contributed by atoms with E-state index in [1.54, 1.807) is 81.6 Å². The van der Waals surface area contributed by atoms with Crippen LogP contribution >= 0.6 is 0 Å². The number of hydrogen-bond donors (Lipinski definition) is 7. The molecule has 5 amide bonds. The number of carbonyl (C=O) groups is 5. The average molecular weight is 922 g/mol. The quantitative estimate of drug-likeness (QED) is 0.0509. The highest BCUT2D eigenvalue weighted by Crippen LogP contribution is 2.40. The molecule has 356 valence electrons. The summed E-state index contributed by atoms with van der Waals surface area (Å²) in [4.78, 5) is 80.9. The second-order valence-corrected chi connectivity index (χ2v) is 15.6. The van der Waals surface area contributed by atoms with Crippen molar-refractivity contribution in [1.29, 1.82) is 5.26 Å². The molecular formula is C47H59N11O9. The van der Waals surface area contributed by atoms with E-state index in [0.717, 1.165) is 0 Å². The van der Waals surface area contributed by atoms with Gasteiger partial charge in [-0.15, -0.1) is 0 Å². The Morgan fingerprint density at radius 2 is 1.49 bits per heavy atom. The summed E-state index contributed by atoms with van der Waals surface area (Å²) in [6.45, 7) is 5.92. The number of aryl methyl sites for hydroxylation is 2. The normalized spacial score (nSPS) is 16.3. The van der Waals surface area contributed by atoms with E-state index in [-0.39, 0.29) is 57.8 Å². The summed E-state index contributed by atoms with van der Waals surface area (Å²) in [7, 11) is 3.00. The molecule has 0 unspecified atom stereocenters. The fourth-order valence-corrected chi connectivity index (χ4v) is 7.48. The lowest BCUT2D eigenvalue weighted by molar-refractivity contribution is -0.141. The van der Waals surface area contributed by atoms with Crippen molar-refractivity contribution in [3.8, 4) is 45.8 Å². The number of benzene rings is 3. The lowest BCUT2D eigenvalue weighted by Crippen LogP contribution is -2.56. The summed E-state index contributed by atoms with van der Waals surface area (Å²) in [6, 6.07) is 14.1. The molecule has 0 fully saturated rings. The van der Waals surface area contributed by atoms with Gasteiger partial charge in [-0.25, -0.2) is 9.97 Å². The molecule has 10 N–H and O–H groups in total. The number of nitrogens with two attached hydrogens (primary N) is 3. The molecule has 5 rings (SSSR count). The zero-order valence-electron chi connectivity index (χ0n) is 38.3. The number of hydrogen-bond acceptors (Lipinski definition) is 15. The van der Waals surface area contributed by atoms with Gasteiger partial charge in [0.05, 0.1) is 29.6 Å². The molecule has 1 aliphatic heterocycles. The fraction of sp³-hybridized carbons (Fsp3) is 0.404. The lowest BCUT2D eigenvalue weighted by Gasteiger charge is -2.32. The smallest absolute Gasteiger partial charge is 0.255 e. The highest BCUT2D eigenvalue weighted by Gasteiger charge is 2.36. The van der Waals surface area contributed by atoms with E-state index >= 15 is 0 Å². The molecule has 1 aromatic heterocycles. The fourth-order valence-electron chi connectivity index (χ4n) is 7.48. The zero-order chi connectivity index (χ0) is 48.6. The van der Waals surface area contributed by atoms with Crippen LogP contribution in [0.4, 0.5) is 0 Å². The van der Waals surface area contributed by atoms with Crippen molar-refractivity contribution in [2.24, 2.45) is 17.2 Å². The Bertz CT molecular complexity index is 2420. The Labute approximate surface area is 389 Å². The third-order valence-corrected chi connectivity index (χ3v) is 10.8. The summed E-state index contributed by atoms with van der Waals surface area (Å²) in [5, 5.41) is 19.9. The topological polar surface area (TPSA) is 301 Å². The first-order valence-corrected chi connectivity index (χ1v) is 21.8. The standard InChI is InChI=1S/C47H59N11O9/c1-27-40(28(2)54-42(53-27)31-7-10-33(11-8-31)65-23-22-64-5)45(61)56-36(14-15-48)47(63)58(4)41-32-9-13-39(67-21-18-51)35(26-32)34-24-30(6-12-38(34)66-20-17-50)25-37(44(60)52-19-16-49)57-43(59)29(3)55-46(41)62/h6-13,24,26,29,36-37,41H,14-15,17-23,25,48,50-51H2,1-5H3,(H,52,60)(H,55,62)(H,56,61)(H,57,59)/t29-,36-,37-,41-/m0/s1. The van der Waals surface area contributed by atoms with Gasteiger partial charge in [-0.05, 0) is 93.4 Å². The predicted molar refractivity (Wildman–Crippen MR) is 248 cm³/mol. The van der Waals surface area contributed by atoms with Gasteiger partial charge in [0.15, 0.2) is 5.82 Å². The van der Waals surface area contributed by atoms with E-state index in [4.69, 9.17) is 41.4 Å². The van der Waals surface area contributed by atoms with Gasteiger partial charge in [0, 0.05) is 50.4 Å². The van der Waals surface area contributed by atoms with Gasteiger partial charge in [0.1, 0.15) is 67.8 Å². The largest absolute Gasteiger partial charge is 0.492 e. The van der Waals surface area contributed by atoms with E-state index in [1.807, 2.05) is 6.07 Å². The van der Waals surface area contributed by atoms with Gasteiger partial charge in [0.25, 0.3) is 5.91 Å². The minimum atomic E-state index is -1.42. The van der Waals surface area contributed by atoms with Crippen LogP contribution in [0.15, 0.2) is 60.7 Å². The Morgan fingerprint density at radius 3 is 2.10 bits per heavy atom. The molecule has 0 saturated carbocycles. The number of carbonyl (C=O) groups excluding carboxylic acids is 5. The van der Waals surface area contributed by atoms with Crippen LogP contribution in [0.1, 0.15) is 52.3 Å². The van der Waals surface area contributed by atoms with Gasteiger partial charge in [-0.3, -0.25) is 24.0 Å². The lowest BCUT2D eigenvalue weighted by atomic mass is 9.93. The number of amides is 5. The van der Waals surface area contributed by atoms with E-state index in [0.29, 0.717) is 75.5 Å². The van der Waals surface area contributed by atoms with Gasteiger partial charge < -0.3 is 62.3 Å². The first kappa shape index (κ1) is 50.8. The summed E-state index contributed by atoms with van der Waals surface area (Å²) in [5.74, 6) is -1.63. The average Bonchev–Trinajstić information content (AvgIpc) is 3.31. The molecule has 0 radical (unpaired) electrons. The van der Waals surface area contributed by atoms with E-state index in [1.165, 1.54) is 18.9 Å². The zero-order valence-corrected chi connectivity index (χ0v) is 38.3. The van der Waals surface area contributed by atoms with Gasteiger partial charge in [-0.1, -0.05) is 12.1 Å². The molecule has 3 aromatic carbocycles. The number of rotatable bonds is 19. The Balaban J connectivity index is 1.54. The molecule has 0 aliphatic carbocycles. The SMILES string of the molecule is COCCOc1ccc(-c2nc(C)c(C(=O)N[C@@H](CCN)C(=O)N(C)[C@@H]3C(=O)N[C@@H](C)C(=O)N[C@H](C(=O)NCC#N)Cc4ccc(OCCN)c(c4)-c4cc3ccc4OCCN)c(C)n2)cc1. The van der Waals surface area contributed by atoms with Crippen LogP contribution < -0.4 is 52.7 Å². The highest BCUT2D eigenvalue weighted by molar-refractivity contribution is 6.00. The highest BCUT2D eigenvalue weighted by atomic mass is 16.5. The van der Waals surface area contributed by atoms with Crippen LogP contribution in [0.2, 0.25) is 0 Å². The number of aromatic nitrogens is 2. The molecule has 20 nitrogen and oxygen atoms in total. The third kappa shape index (κ3) is 13.0. The number of likely N-dealkylation sites (N-methyl/N-ethyl adjacent to an activating group) is 1. The molecular weight excluding hydrogens is 863 g/mol. The van der Waals surface area contributed by atoms with Crippen molar-refractivity contribution in [3.63, 3.8) is 0 Å². The van der Waals surface area contributed by atoms with Crippen molar-refractivity contribution < 1.29 is 42.9 Å². The number of nitrogens with one attached hydrogen (secondary N) is 4. The van der Waals surface area contributed by atoms with Crippen LogP contribution in [0.5, 0.6) is 17.2 Å². The predicted octanol–water partition coefficient (Wildman–Crippen LogP) is 0.960. The summed E-state index contributed by atoms with van der Waals surface area (Å²) < 4.78 is 22.9. The van der Waals surface area contributed by atoms with Crippen molar-refractivity contribution in [2.45, 2.75) is 57.8 Å². The number of nitriles is 1. The number of methoxy groups -OCH3 is 1. The van der Waals surface area contributed by atoms with Crippen LogP contribution in [-0.4, -0.2) is 129 Å². The van der Waals surface area contributed by atoms with Crippen molar-refractivity contribution in [2.75, 3.05) is 66.8 Å². The summed E-state index contributed by atoms with van der Waals surface area (Å²) in [5.41, 5.74) is 21.1. The number of fused-ring (bicyclic) bond motifs is 5. The maximum Gasteiger partial charge on any atom is 0.255 e. The summed E-state index contributed by atoms with van der Waals surface area (Å²) >= 11 is 0. The monoisotopic (exact) mass is 921 g/mol. The Hall–Kier alpha value is -7.18. The van der Waals surface area contributed by atoms with Crippen LogP contribution in [0, 0.1) is 25.2 Å². The van der Waals surface area contributed by atoms with Crippen molar-refractivity contribution in [3.05, 3.63) is 88.7 Å². The Kier molecular flexibility index (Phi) is 18.5. The maximum atomic E-state index is 14.7. The second kappa shape index (κ2) is 24.4. The van der Waals surface area contributed by atoms with E-state index in [2.05, 4.69) is 31.2 Å². The van der Waals surface area contributed by atoms with Gasteiger partial charge in [-0.2, -0.15) is 5.26 Å². The first-order chi connectivity index (χ1) is 32.2. The molecule has 20 heteroatoms. The van der Waals surface area contributed by atoms with E-state index < -0.39 is 53.7 Å². The first-order valence-electron chi connectivity index (χ1n) is 21.8. The minimum Gasteiger partial charge on any atom is -0.492 e. The van der Waals surface area contributed by atoms with E-state index in [9.17, 15) is 24.0 Å². The minimum absolute atomic E-state index is 0.00436. The summed E-state index contributed by atoms with van der Waals surface area (Å²) in [6.07, 6.45) is -0.0193. The molecule has 4 aromatic rings. The number of ether oxygens (including phenoxy) is 4. The molecule has 4 bridgehead atoms. The molecule has 2 heterocycles. The third-order valence-electron chi connectivity index (χ3n) is 10.8. The molecule has 0 saturated heterocycles. The van der Waals surface area contributed by atoms with Crippen molar-refractivity contribution in [1.82, 2.24) is 36.1 Å². The number of nitrogens with zero attached hydrogens (tertiary/aromatic N) is 4. The van der Waals surface area contributed by atoms with Gasteiger partial charge in [0.2, 0.25) is 23.6 Å². The molecule has 67 heavy (non-hydrogen) atoms. The molecule has 0 spiro atoms. The molecule has 4 atom stereocenters. The van der Waals surface area contributed by atoms with Gasteiger partial charge >= 0.3 is 0 Å². The van der Waals surface area contributed by atoms with Crippen molar-refractivity contribution >= 4 is 29.5 Å². The van der Waals surface area contributed by atoms with Crippen LogP contribution in [0.3, 0.4) is 0 Å². The molecule has 1 aliphatic rings.